The van der Waals surface area contributed by atoms with Crippen molar-refractivity contribution in [2.75, 3.05) is 0 Å². The summed E-state index contributed by atoms with van der Waals surface area (Å²) in [4.78, 5) is 4.54. The van der Waals surface area contributed by atoms with Gasteiger partial charge in [0.2, 0.25) is 0 Å². The highest BCUT2D eigenvalue weighted by Crippen LogP contribution is 2.33. The van der Waals surface area contributed by atoms with Crippen LogP contribution in [0.15, 0.2) is 35.2 Å². The van der Waals surface area contributed by atoms with Gasteiger partial charge in [-0.25, -0.2) is 9.37 Å². The second-order valence-electron chi connectivity index (χ2n) is 5.20. The van der Waals surface area contributed by atoms with E-state index in [4.69, 9.17) is 0 Å². The first kappa shape index (κ1) is 14.0. The fourth-order valence-electron chi connectivity index (χ4n) is 2.68. The number of rotatable bonds is 2. The van der Waals surface area contributed by atoms with Crippen molar-refractivity contribution in [2.24, 2.45) is 0 Å². The summed E-state index contributed by atoms with van der Waals surface area (Å²) in [6, 6.07) is 8.72. The van der Waals surface area contributed by atoms with Gasteiger partial charge in [-0.15, -0.1) is 11.3 Å². The number of allylic oxidation sites excluding steroid dienone is 2. The summed E-state index contributed by atoms with van der Waals surface area (Å²) in [6.07, 6.45) is 5.55. The topological polar surface area (TPSA) is 36.7 Å². The summed E-state index contributed by atoms with van der Waals surface area (Å²) in [6.45, 7) is 0. The maximum atomic E-state index is 13.3. The van der Waals surface area contributed by atoms with Gasteiger partial charge in [0.25, 0.3) is 0 Å². The lowest BCUT2D eigenvalue weighted by Gasteiger charge is -2.14. The van der Waals surface area contributed by atoms with Gasteiger partial charge in [-0.05, 0) is 43.4 Å². The van der Waals surface area contributed by atoms with Gasteiger partial charge in [-0.3, -0.25) is 0 Å². The van der Waals surface area contributed by atoms with E-state index in [0.717, 1.165) is 47.5 Å². The minimum absolute atomic E-state index is 0.270. The first-order valence-corrected chi connectivity index (χ1v) is 8.00. The molecule has 0 bridgehead atoms. The lowest BCUT2D eigenvalue weighted by molar-refractivity contribution is 0.601. The third kappa shape index (κ3) is 3.03. The van der Waals surface area contributed by atoms with E-state index in [9.17, 15) is 9.65 Å². The maximum absolute atomic E-state index is 13.3. The number of aromatic nitrogens is 1. The van der Waals surface area contributed by atoms with Crippen molar-refractivity contribution < 1.29 is 4.39 Å². The van der Waals surface area contributed by atoms with E-state index < -0.39 is 0 Å². The van der Waals surface area contributed by atoms with Gasteiger partial charge in [-0.2, -0.15) is 5.26 Å². The van der Waals surface area contributed by atoms with E-state index in [1.54, 1.807) is 6.07 Å². The van der Waals surface area contributed by atoms with E-state index in [1.807, 2.05) is 11.4 Å². The second kappa shape index (κ2) is 6.19. The summed E-state index contributed by atoms with van der Waals surface area (Å²) >= 11 is 1.46. The zero-order chi connectivity index (χ0) is 14.7. The lowest BCUT2D eigenvalue weighted by Crippen LogP contribution is -1.97. The van der Waals surface area contributed by atoms with Crippen LogP contribution in [0.2, 0.25) is 0 Å². The Kier molecular flexibility index (Phi) is 4.12. The lowest BCUT2D eigenvalue weighted by atomic mass is 9.91. The number of nitrogens with zero attached hydrogens (tertiary/aromatic N) is 2. The van der Waals surface area contributed by atoms with Crippen LogP contribution in [-0.2, 0) is 0 Å². The van der Waals surface area contributed by atoms with Crippen molar-refractivity contribution in [3.05, 3.63) is 46.0 Å². The fraction of sp³-hybridized carbons (Fsp3) is 0.294. The molecule has 106 valence electrons. The van der Waals surface area contributed by atoms with Gasteiger partial charge in [-0.1, -0.05) is 18.6 Å². The minimum Gasteiger partial charge on any atom is -0.235 e. The Hall–Kier alpha value is -1.99. The first-order chi connectivity index (χ1) is 10.3. The molecule has 0 amide bonds. The molecule has 1 aliphatic rings. The Balaban J connectivity index is 1.96. The standard InChI is InChI=1S/C17H15FN2S/c18-14-8-4-7-13(9-14)16-11-21-17(20-16)15(10-19)12-5-2-1-3-6-12/h4,7-9,11H,1-3,5-6H2. The van der Waals surface area contributed by atoms with E-state index >= 15 is 0 Å². The van der Waals surface area contributed by atoms with Gasteiger partial charge in [0.15, 0.2) is 0 Å². The smallest absolute Gasteiger partial charge is 0.134 e. The SMILES string of the molecule is N#CC(=C1CCCCC1)c1nc(-c2cccc(F)c2)cs1. The van der Waals surface area contributed by atoms with Gasteiger partial charge < -0.3 is 0 Å². The van der Waals surface area contributed by atoms with Crippen LogP contribution < -0.4 is 0 Å². The van der Waals surface area contributed by atoms with Gasteiger partial charge in [0, 0.05) is 10.9 Å². The van der Waals surface area contributed by atoms with Crippen LogP contribution in [0.4, 0.5) is 4.39 Å². The van der Waals surface area contributed by atoms with E-state index in [2.05, 4.69) is 11.1 Å². The van der Waals surface area contributed by atoms with Gasteiger partial charge in [0.05, 0.1) is 11.3 Å². The normalized spacial score (nSPS) is 14.8. The molecule has 3 rings (SSSR count). The molecule has 1 heterocycles. The summed E-state index contributed by atoms with van der Waals surface area (Å²) in [5, 5.41) is 12.1. The molecule has 0 unspecified atom stereocenters. The number of hydrogen-bond donors (Lipinski definition) is 0. The average molecular weight is 298 g/mol. The molecule has 1 aromatic heterocycles. The monoisotopic (exact) mass is 298 g/mol. The van der Waals surface area contributed by atoms with Crippen LogP contribution in [0.25, 0.3) is 16.8 Å². The summed E-state index contributed by atoms with van der Waals surface area (Å²) in [5.74, 6) is -0.270. The average Bonchev–Trinajstić information content (AvgIpc) is 2.99. The van der Waals surface area contributed by atoms with Crippen LogP contribution in [0.1, 0.15) is 37.1 Å². The Bertz CT molecular complexity index is 716. The molecular formula is C17H15FN2S. The highest BCUT2D eigenvalue weighted by molar-refractivity contribution is 7.11. The third-order valence-electron chi connectivity index (χ3n) is 3.76. The second-order valence-corrected chi connectivity index (χ2v) is 6.06. The molecule has 0 spiro atoms. The van der Waals surface area contributed by atoms with Crippen LogP contribution in [0.5, 0.6) is 0 Å². The molecular weight excluding hydrogens is 283 g/mol. The predicted octanol–water partition coefficient (Wildman–Crippen LogP) is 5.19. The molecule has 1 aliphatic carbocycles. The molecule has 0 radical (unpaired) electrons. The predicted molar refractivity (Wildman–Crippen MR) is 83.1 cm³/mol. The molecule has 0 aliphatic heterocycles. The van der Waals surface area contributed by atoms with Gasteiger partial charge in [0.1, 0.15) is 16.9 Å². The Morgan fingerprint density at radius 2 is 2.05 bits per heavy atom. The highest BCUT2D eigenvalue weighted by Gasteiger charge is 2.16. The summed E-state index contributed by atoms with van der Waals surface area (Å²) < 4.78 is 13.3. The van der Waals surface area contributed by atoms with E-state index in [0.29, 0.717) is 0 Å². The maximum Gasteiger partial charge on any atom is 0.134 e. The quantitative estimate of drug-likeness (QED) is 0.715. The zero-order valence-corrected chi connectivity index (χ0v) is 12.4. The molecule has 1 aromatic carbocycles. The molecule has 1 fully saturated rings. The van der Waals surface area contributed by atoms with E-state index in [1.165, 1.54) is 35.5 Å². The Morgan fingerprint density at radius 3 is 2.76 bits per heavy atom. The third-order valence-corrected chi connectivity index (χ3v) is 4.62. The van der Waals surface area contributed by atoms with Crippen molar-refractivity contribution in [1.82, 2.24) is 4.98 Å². The molecule has 21 heavy (non-hydrogen) atoms. The van der Waals surface area contributed by atoms with Crippen LogP contribution in [0, 0.1) is 17.1 Å². The largest absolute Gasteiger partial charge is 0.235 e. The molecule has 2 aromatic rings. The first-order valence-electron chi connectivity index (χ1n) is 7.12. The van der Waals surface area contributed by atoms with Gasteiger partial charge >= 0.3 is 0 Å². The van der Waals surface area contributed by atoms with Crippen molar-refractivity contribution in [2.45, 2.75) is 32.1 Å². The number of thiazole rings is 1. The van der Waals surface area contributed by atoms with Crippen LogP contribution in [0.3, 0.4) is 0 Å². The number of halogens is 1. The number of nitriles is 1. The summed E-state index contributed by atoms with van der Waals surface area (Å²) in [7, 11) is 0. The fourth-order valence-corrected chi connectivity index (χ4v) is 3.55. The van der Waals surface area contributed by atoms with E-state index in [-0.39, 0.29) is 5.82 Å². The molecule has 0 N–H and O–H groups in total. The minimum atomic E-state index is -0.270. The molecule has 4 heteroatoms. The molecule has 2 nitrogen and oxygen atoms in total. The Labute approximate surface area is 127 Å². The highest BCUT2D eigenvalue weighted by atomic mass is 32.1. The molecule has 0 saturated heterocycles. The number of benzene rings is 1. The molecule has 0 atom stereocenters. The Morgan fingerprint density at radius 1 is 1.24 bits per heavy atom. The van der Waals surface area contributed by atoms with Crippen molar-refractivity contribution in [3.63, 3.8) is 0 Å². The van der Waals surface area contributed by atoms with Crippen LogP contribution in [-0.4, -0.2) is 4.98 Å². The van der Waals surface area contributed by atoms with Crippen molar-refractivity contribution >= 4 is 16.9 Å². The van der Waals surface area contributed by atoms with Crippen LogP contribution >= 0.6 is 11.3 Å². The summed E-state index contributed by atoms with van der Waals surface area (Å²) in [5.41, 5.74) is 3.44. The van der Waals surface area contributed by atoms with Crippen molar-refractivity contribution in [1.29, 1.82) is 5.26 Å². The van der Waals surface area contributed by atoms with Crippen molar-refractivity contribution in [3.8, 4) is 17.3 Å². The number of hydrogen-bond acceptors (Lipinski definition) is 3. The molecule has 1 saturated carbocycles. The zero-order valence-electron chi connectivity index (χ0n) is 11.6.